The van der Waals surface area contributed by atoms with E-state index in [1.807, 2.05) is 4.90 Å². The Morgan fingerprint density at radius 2 is 2.32 bits per heavy atom. The minimum atomic E-state index is -0.327. The molecule has 0 aliphatic carbocycles. The van der Waals surface area contributed by atoms with Crippen molar-refractivity contribution in [1.29, 1.82) is 0 Å². The molecule has 0 amide bonds. The molecule has 1 atom stereocenters. The van der Waals surface area contributed by atoms with Gasteiger partial charge in [-0.3, -0.25) is 0 Å². The maximum Gasteiger partial charge on any atom is 0.224 e. The number of halogens is 1. The number of anilines is 2. The van der Waals surface area contributed by atoms with Crippen LogP contribution in [0.2, 0.25) is 0 Å². The predicted molar refractivity (Wildman–Crippen MR) is 75.9 cm³/mol. The second-order valence-corrected chi connectivity index (χ2v) is 5.53. The molecule has 19 heavy (non-hydrogen) atoms. The maximum absolute atomic E-state index is 13.9. The number of nitrogens with one attached hydrogen (secondary N) is 1. The van der Waals surface area contributed by atoms with Crippen molar-refractivity contribution >= 4 is 11.8 Å². The zero-order valence-electron chi connectivity index (χ0n) is 12.0. The van der Waals surface area contributed by atoms with Crippen LogP contribution < -0.4 is 10.2 Å². The summed E-state index contributed by atoms with van der Waals surface area (Å²) >= 11 is 0. The minimum absolute atomic E-state index is 0.327. The smallest absolute Gasteiger partial charge is 0.224 e. The summed E-state index contributed by atoms with van der Waals surface area (Å²) in [6.07, 6.45) is 3.37. The molecule has 0 radical (unpaired) electrons. The van der Waals surface area contributed by atoms with Crippen LogP contribution in [0.1, 0.15) is 33.6 Å². The van der Waals surface area contributed by atoms with Crippen LogP contribution in [-0.4, -0.2) is 29.6 Å². The van der Waals surface area contributed by atoms with Crippen molar-refractivity contribution < 1.29 is 4.39 Å². The van der Waals surface area contributed by atoms with Crippen LogP contribution in [0.15, 0.2) is 6.20 Å². The summed E-state index contributed by atoms with van der Waals surface area (Å²) in [7, 11) is 0. The van der Waals surface area contributed by atoms with Gasteiger partial charge in [0.1, 0.15) is 0 Å². The van der Waals surface area contributed by atoms with Crippen LogP contribution in [-0.2, 0) is 0 Å². The lowest BCUT2D eigenvalue weighted by Crippen LogP contribution is -2.24. The third-order valence-electron chi connectivity index (χ3n) is 3.73. The first-order valence-corrected chi connectivity index (χ1v) is 7.13. The van der Waals surface area contributed by atoms with Crippen LogP contribution in [0, 0.1) is 17.7 Å². The number of aromatic nitrogens is 2. The zero-order valence-corrected chi connectivity index (χ0v) is 12.0. The molecule has 4 nitrogen and oxygen atoms in total. The second kappa shape index (κ2) is 6.17. The van der Waals surface area contributed by atoms with Gasteiger partial charge in [-0.25, -0.2) is 9.37 Å². The molecule has 1 unspecified atom stereocenters. The summed E-state index contributed by atoms with van der Waals surface area (Å²) in [6, 6.07) is 0. The molecule has 0 bridgehead atoms. The summed E-state index contributed by atoms with van der Waals surface area (Å²) < 4.78 is 13.9. The van der Waals surface area contributed by atoms with Crippen molar-refractivity contribution in [2.75, 3.05) is 29.9 Å². The molecule has 1 saturated heterocycles. The number of hydrogen-bond acceptors (Lipinski definition) is 4. The van der Waals surface area contributed by atoms with Gasteiger partial charge < -0.3 is 10.2 Å². The van der Waals surface area contributed by atoms with E-state index >= 15 is 0 Å². The second-order valence-electron chi connectivity index (χ2n) is 5.53. The van der Waals surface area contributed by atoms with Gasteiger partial charge in [-0.05, 0) is 24.7 Å². The van der Waals surface area contributed by atoms with Gasteiger partial charge in [-0.2, -0.15) is 4.98 Å². The fourth-order valence-corrected chi connectivity index (χ4v) is 2.43. The van der Waals surface area contributed by atoms with E-state index in [2.05, 4.69) is 36.1 Å². The molecule has 2 rings (SSSR count). The van der Waals surface area contributed by atoms with Gasteiger partial charge in [0.2, 0.25) is 5.95 Å². The first-order chi connectivity index (χ1) is 9.11. The van der Waals surface area contributed by atoms with Crippen molar-refractivity contribution in [2.24, 2.45) is 11.8 Å². The molecule has 0 saturated carbocycles. The van der Waals surface area contributed by atoms with E-state index in [4.69, 9.17) is 0 Å². The summed E-state index contributed by atoms with van der Waals surface area (Å²) in [4.78, 5) is 10.3. The fraction of sp³-hybridized carbons (Fsp3) is 0.714. The highest BCUT2D eigenvalue weighted by atomic mass is 19.1. The van der Waals surface area contributed by atoms with E-state index < -0.39 is 0 Å². The van der Waals surface area contributed by atoms with Crippen LogP contribution in [0.4, 0.5) is 16.2 Å². The number of hydrogen-bond donors (Lipinski definition) is 1. The van der Waals surface area contributed by atoms with E-state index in [0.29, 0.717) is 23.6 Å². The topological polar surface area (TPSA) is 41.1 Å². The molecule has 1 aliphatic heterocycles. The molecule has 1 aromatic heterocycles. The minimum Gasteiger partial charge on any atom is -0.354 e. The van der Waals surface area contributed by atoms with Crippen LogP contribution in [0.3, 0.4) is 0 Å². The van der Waals surface area contributed by atoms with Crippen LogP contribution >= 0.6 is 0 Å². The molecule has 0 aromatic carbocycles. The van der Waals surface area contributed by atoms with Crippen molar-refractivity contribution in [1.82, 2.24) is 9.97 Å². The molecular weight excluding hydrogens is 243 g/mol. The standard InChI is InChI=1S/C14H23FN4/c1-4-6-16-14-17-8-12(15)13(18-14)19-7-5-11(9-19)10(2)3/h8,10-11H,4-7,9H2,1-3H3,(H,16,17,18). The SMILES string of the molecule is CCCNc1ncc(F)c(N2CCC(C(C)C)C2)n1. The lowest BCUT2D eigenvalue weighted by molar-refractivity contribution is 0.422. The van der Waals surface area contributed by atoms with E-state index in [0.717, 1.165) is 32.5 Å². The van der Waals surface area contributed by atoms with E-state index in [1.54, 1.807) is 0 Å². The van der Waals surface area contributed by atoms with Gasteiger partial charge >= 0.3 is 0 Å². The zero-order chi connectivity index (χ0) is 13.8. The Hall–Kier alpha value is -1.39. The molecule has 1 aliphatic rings. The van der Waals surface area contributed by atoms with E-state index in [1.165, 1.54) is 6.20 Å². The van der Waals surface area contributed by atoms with Crippen molar-refractivity contribution in [3.63, 3.8) is 0 Å². The fourth-order valence-electron chi connectivity index (χ4n) is 2.43. The molecule has 106 valence electrons. The average molecular weight is 266 g/mol. The Morgan fingerprint density at radius 1 is 1.53 bits per heavy atom. The monoisotopic (exact) mass is 266 g/mol. The predicted octanol–water partition coefficient (Wildman–Crippen LogP) is 2.92. The van der Waals surface area contributed by atoms with Gasteiger partial charge in [0, 0.05) is 19.6 Å². The van der Waals surface area contributed by atoms with Gasteiger partial charge in [-0.15, -0.1) is 0 Å². The van der Waals surface area contributed by atoms with Crippen molar-refractivity contribution in [2.45, 2.75) is 33.6 Å². The first-order valence-electron chi connectivity index (χ1n) is 7.13. The molecule has 5 heteroatoms. The Bertz CT molecular complexity index is 422. The maximum atomic E-state index is 13.9. The summed E-state index contributed by atoms with van der Waals surface area (Å²) in [5, 5.41) is 3.10. The Labute approximate surface area is 114 Å². The number of nitrogens with zero attached hydrogens (tertiary/aromatic N) is 3. The third-order valence-corrected chi connectivity index (χ3v) is 3.73. The van der Waals surface area contributed by atoms with Gasteiger partial charge in [0.15, 0.2) is 11.6 Å². The Balaban J connectivity index is 2.11. The summed E-state index contributed by atoms with van der Waals surface area (Å²) in [5.41, 5.74) is 0. The van der Waals surface area contributed by atoms with Crippen molar-refractivity contribution in [3.8, 4) is 0 Å². The summed E-state index contributed by atoms with van der Waals surface area (Å²) in [5.74, 6) is 1.89. The lowest BCUT2D eigenvalue weighted by Gasteiger charge is -2.19. The molecule has 1 fully saturated rings. The number of rotatable bonds is 5. The van der Waals surface area contributed by atoms with Gasteiger partial charge in [0.05, 0.1) is 6.20 Å². The van der Waals surface area contributed by atoms with Gasteiger partial charge in [0.25, 0.3) is 0 Å². The Kier molecular flexibility index (Phi) is 4.56. The van der Waals surface area contributed by atoms with Crippen molar-refractivity contribution in [3.05, 3.63) is 12.0 Å². The van der Waals surface area contributed by atoms with Crippen LogP contribution in [0.5, 0.6) is 0 Å². The molecule has 1 N–H and O–H groups in total. The molecule has 2 heterocycles. The van der Waals surface area contributed by atoms with E-state index in [-0.39, 0.29) is 5.82 Å². The summed E-state index contributed by atoms with van der Waals surface area (Å²) in [6.45, 7) is 9.09. The van der Waals surface area contributed by atoms with E-state index in [9.17, 15) is 4.39 Å². The molecule has 1 aromatic rings. The quantitative estimate of drug-likeness (QED) is 0.889. The highest BCUT2D eigenvalue weighted by Gasteiger charge is 2.27. The van der Waals surface area contributed by atoms with Crippen LogP contribution in [0.25, 0.3) is 0 Å². The Morgan fingerprint density at radius 3 is 2.95 bits per heavy atom. The highest BCUT2D eigenvalue weighted by molar-refractivity contribution is 5.44. The van der Waals surface area contributed by atoms with Gasteiger partial charge in [-0.1, -0.05) is 20.8 Å². The average Bonchev–Trinajstić information content (AvgIpc) is 2.87. The largest absolute Gasteiger partial charge is 0.354 e. The molecular formula is C14H23FN4. The third kappa shape index (κ3) is 3.33. The highest BCUT2D eigenvalue weighted by Crippen LogP contribution is 2.28. The first kappa shape index (κ1) is 14.0. The lowest BCUT2D eigenvalue weighted by atomic mass is 9.95. The normalized spacial score (nSPS) is 19.2. The molecule has 0 spiro atoms.